The SMILES string of the molecule is Cc1cc(C(=O)N2[C@H]3CC[C@H](c4cc(C(F)F)nc5ncnn45)[C@@H]2CC3)c(C)s1. The summed E-state index contributed by atoms with van der Waals surface area (Å²) in [7, 11) is 0. The van der Waals surface area contributed by atoms with Crippen LogP contribution in [-0.4, -0.2) is 42.5 Å². The second-order valence-corrected chi connectivity index (χ2v) is 9.36. The van der Waals surface area contributed by atoms with Crippen molar-refractivity contribution in [2.24, 2.45) is 0 Å². The van der Waals surface area contributed by atoms with Gasteiger partial charge in [-0.05, 0) is 51.7 Å². The van der Waals surface area contributed by atoms with Gasteiger partial charge in [-0.3, -0.25) is 4.79 Å². The molecule has 1 amide bonds. The number of fused-ring (bicyclic) bond motifs is 3. The average molecular weight is 417 g/mol. The monoisotopic (exact) mass is 417 g/mol. The van der Waals surface area contributed by atoms with E-state index in [1.807, 2.05) is 24.8 Å². The van der Waals surface area contributed by atoms with E-state index in [4.69, 9.17) is 0 Å². The van der Waals surface area contributed by atoms with E-state index in [0.29, 0.717) is 5.69 Å². The van der Waals surface area contributed by atoms with Gasteiger partial charge in [0, 0.05) is 27.8 Å². The average Bonchev–Trinajstić information content (AvgIpc) is 3.37. The van der Waals surface area contributed by atoms with Crippen LogP contribution in [0.1, 0.15) is 69.5 Å². The minimum absolute atomic E-state index is 0.0267. The molecule has 5 rings (SSSR count). The zero-order valence-corrected chi connectivity index (χ0v) is 17.0. The summed E-state index contributed by atoms with van der Waals surface area (Å²) in [5.74, 6) is 0.171. The lowest BCUT2D eigenvalue weighted by atomic mass is 9.86. The van der Waals surface area contributed by atoms with Crippen LogP contribution in [0.5, 0.6) is 0 Å². The summed E-state index contributed by atoms with van der Waals surface area (Å²) in [6.45, 7) is 3.98. The maximum absolute atomic E-state index is 13.4. The molecule has 0 aromatic carbocycles. The van der Waals surface area contributed by atoms with E-state index in [-0.39, 0.29) is 35.4 Å². The smallest absolute Gasteiger partial charge is 0.280 e. The zero-order chi connectivity index (χ0) is 20.3. The van der Waals surface area contributed by atoms with Gasteiger partial charge in [-0.2, -0.15) is 10.1 Å². The molecule has 0 spiro atoms. The van der Waals surface area contributed by atoms with Crippen molar-refractivity contribution in [3.8, 4) is 0 Å². The van der Waals surface area contributed by atoms with Gasteiger partial charge in [-0.15, -0.1) is 11.3 Å². The van der Waals surface area contributed by atoms with Crippen LogP contribution in [0.3, 0.4) is 0 Å². The van der Waals surface area contributed by atoms with E-state index in [1.54, 1.807) is 15.9 Å². The van der Waals surface area contributed by atoms with Crippen LogP contribution in [-0.2, 0) is 0 Å². The number of carbonyl (C=O) groups is 1. The first-order chi connectivity index (χ1) is 13.9. The van der Waals surface area contributed by atoms with Crippen molar-refractivity contribution in [3.05, 3.63) is 45.2 Å². The second-order valence-electron chi connectivity index (χ2n) is 7.90. The summed E-state index contributed by atoms with van der Waals surface area (Å²) in [6.07, 6.45) is 2.17. The van der Waals surface area contributed by atoms with Gasteiger partial charge < -0.3 is 4.90 Å². The molecule has 152 valence electrons. The number of rotatable bonds is 3. The molecule has 3 aromatic heterocycles. The fourth-order valence-electron chi connectivity index (χ4n) is 5.03. The molecular formula is C20H21F2N5OS. The van der Waals surface area contributed by atoms with E-state index < -0.39 is 6.43 Å². The van der Waals surface area contributed by atoms with Crippen LogP contribution in [0.25, 0.3) is 5.78 Å². The van der Waals surface area contributed by atoms with Gasteiger partial charge >= 0.3 is 0 Å². The summed E-state index contributed by atoms with van der Waals surface area (Å²) in [5, 5.41) is 4.22. The molecule has 29 heavy (non-hydrogen) atoms. The second kappa shape index (κ2) is 6.83. The summed E-state index contributed by atoms with van der Waals surface area (Å²) < 4.78 is 28.4. The van der Waals surface area contributed by atoms with E-state index >= 15 is 0 Å². The molecule has 3 aromatic rings. The van der Waals surface area contributed by atoms with Gasteiger partial charge in [0.25, 0.3) is 18.1 Å². The van der Waals surface area contributed by atoms with Gasteiger partial charge in [-0.25, -0.2) is 18.3 Å². The number of halogens is 2. The van der Waals surface area contributed by atoms with Crippen molar-refractivity contribution < 1.29 is 13.6 Å². The number of piperidine rings is 1. The van der Waals surface area contributed by atoms with Crippen LogP contribution in [0, 0.1) is 13.8 Å². The Balaban J connectivity index is 1.56. The van der Waals surface area contributed by atoms with Crippen LogP contribution in [0.4, 0.5) is 8.78 Å². The molecule has 0 N–H and O–H groups in total. The van der Waals surface area contributed by atoms with Crippen molar-refractivity contribution in [1.82, 2.24) is 24.5 Å². The lowest BCUT2D eigenvalue weighted by Gasteiger charge is -2.40. The van der Waals surface area contributed by atoms with E-state index in [9.17, 15) is 13.6 Å². The van der Waals surface area contributed by atoms with Gasteiger partial charge in [0.1, 0.15) is 12.0 Å². The third-order valence-corrected chi connectivity index (χ3v) is 7.20. The predicted octanol–water partition coefficient (Wildman–Crippen LogP) is 4.29. The number of amides is 1. The summed E-state index contributed by atoms with van der Waals surface area (Å²) >= 11 is 1.63. The highest BCUT2D eigenvalue weighted by Gasteiger charge is 2.46. The maximum Gasteiger partial charge on any atom is 0.280 e. The zero-order valence-electron chi connectivity index (χ0n) is 16.2. The summed E-state index contributed by atoms with van der Waals surface area (Å²) in [5.41, 5.74) is 1.14. The van der Waals surface area contributed by atoms with Gasteiger partial charge in [-0.1, -0.05) is 0 Å². The Morgan fingerprint density at radius 1 is 1.21 bits per heavy atom. The molecule has 5 heterocycles. The molecule has 2 aliphatic heterocycles. The van der Waals surface area contributed by atoms with Gasteiger partial charge in [0.05, 0.1) is 11.3 Å². The van der Waals surface area contributed by atoms with Crippen molar-refractivity contribution >= 4 is 23.0 Å². The van der Waals surface area contributed by atoms with Gasteiger partial charge in [0.15, 0.2) is 0 Å². The molecule has 3 atom stereocenters. The highest BCUT2D eigenvalue weighted by Crippen LogP contribution is 2.45. The Kier molecular flexibility index (Phi) is 4.38. The first kappa shape index (κ1) is 18.6. The Hall–Kier alpha value is -2.42. The molecule has 2 saturated heterocycles. The number of aromatic nitrogens is 4. The van der Waals surface area contributed by atoms with E-state index in [1.165, 1.54) is 12.4 Å². The van der Waals surface area contributed by atoms with Gasteiger partial charge in [0.2, 0.25) is 0 Å². The third-order valence-electron chi connectivity index (χ3n) is 6.23. The molecular weight excluding hydrogens is 396 g/mol. The molecule has 6 nitrogen and oxygen atoms in total. The molecule has 0 saturated carbocycles. The molecule has 0 unspecified atom stereocenters. The standard InChI is InChI=1S/C20H21F2N5OS/c1-10-7-14(11(2)29-10)19(28)26-12-3-5-13(16(26)6-4-12)17-8-15(18(21)22)25-20-23-9-24-27(17)20/h7-9,12-13,16,18H,3-6H2,1-2H3/t12-,13-,16-/m0/s1. The number of alkyl halides is 2. The Bertz CT molecular complexity index is 1090. The molecule has 2 fully saturated rings. The van der Waals surface area contributed by atoms with E-state index in [2.05, 4.69) is 15.1 Å². The number of thiophene rings is 1. The number of carbonyl (C=O) groups excluding carboxylic acids is 1. The minimum Gasteiger partial charge on any atom is -0.332 e. The quantitative estimate of drug-likeness (QED) is 0.638. The number of hydrogen-bond donors (Lipinski definition) is 0. The Labute approximate surface area is 170 Å². The maximum atomic E-state index is 13.4. The number of nitrogens with zero attached hydrogens (tertiary/aromatic N) is 5. The first-order valence-electron chi connectivity index (χ1n) is 9.82. The predicted molar refractivity (Wildman–Crippen MR) is 104 cm³/mol. The van der Waals surface area contributed by atoms with Crippen LogP contribution >= 0.6 is 11.3 Å². The molecule has 0 aliphatic carbocycles. The fraction of sp³-hybridized carbons (Fsp3) is 0.500. The van der Waals surface area contributed by atoms with Crippen LogP contribution in [0.2, 0.25) is 0 Å². The normalized spacial score (nSPS) is 24.0. The van der Waals surface area contributed by atoms with Crippen LogP contribution < -0.4 is 0 Å². The third kappa shape index (κ3) is 2.94. The molecule has 2 bridgehead atoms. The Morgan fingerprint density at radius 2 is 2.00 bits per heavy atom. The highest BCUT2D eigenvalue weighted by atomic mass is 32.1. The minimum atomic E-state index is -2.68. The highest BCUT2D eigenvalue weighted by molar-refractivity contribution is 7.12. The van der Waals surface area contributed by atoms with E-state index in [0.717, 1.165) is 41.0 Å². The number of aryl methyl sites for hydroxylation is 2. The lowest BCUT2D eigenvalue weighted by Crippen LogP contribution is -2.47. The van der Waals surface area contributed by atoms with Crippen molar-refractivity contribution in [3.63, 3.8) is 0 Å². The van der Waals surface area contributed by atoms with Crippen molar-refractivity contribution in [2.75, 3.05) is 0 Å². The topological polar surface area (TPSA) is 63.4 Å². The fourth-order valence-corrected chi connectivity index (χ4v) is 5.94. The lowest BCUT2D eigenvalue weighted by molar-refractivity contribution is 0.0553. The van der Waals surface area contributed by atoms with Crippen molar-refractivity contribution in [1.29, 1.82) is 0 Å². The number of hydrogen-bond acceptors (Lipinski definition) is 5. The molecule has 0 radical (unpaired) electrons. The van der Waals surface area contributed by atoms with Crippen LogP contribution in [0.15, 0.2) is 18.5 Å². The summed E-state index contributed by atoms with van der Waals surface area (Å²) in [6, 6.07) is 3.59. The Morgan fingerprint density at radius 3 is 2.72 bits per heavy atom. The molecule has 9 heteroatoms. The summed E-state index contributed by atoms with van der Waals surface area (Å²) in [4.78, 5) is 25.5. The largest absolute Gasteiger partial charge is 0.332 e. The molecule has 2 aliphatic rings. The van der Waals surface area contributed by atoms with Crippen molar-refractivity contribution in [2.45, 2.75) is 64.0 Å². The first-order valence-corrected chi connectivity index (χ1v) is 10.6.